The molecule has 0 bridgehead atoms. The Balaban J connectivity index is 2.35. The normalized spacial score (nSPS) is 16.7. The lowest BCUT2D eigenvalue weighted by Crippen LogP contribution is -2.27. The molecule has 0 aromatic heterocycles. The highest BCUT2D eigenvalue weighted by Gasteiger charge is 2.34. The average molecular weight is 389 g/mol. The number of amides is 2. The second-order valence-electron chi connectivity index (χ2n) is 4.10. The van der Waals surface area contributed by atoms with E-state index >= 15 is 0 Å². The summed E-state index contributed by atoms with van der Waals surface area (Å²) in [6, 6.07) is 3.44. The lowest BCUT2D eigenvalue weighted by atomic mass is 10.2. The fourth-order valence-electron chi connectivity index (χ4n) is 1.80. The van der Waals surface area contributed by atoms with Crippen LogP contribution in [0.25, 0.3) is 6.08 Å². The van der Waals surface area contributed by atoms with E-state index < -0.39 is 0 Å². The fraction of sp³-hybridized carbons (Fsp3) is 0.143. The summed E-state index contributed by atoms with van der Waals surface area (Å²) in [7, 11) is 1.52. The van der Waals surface area contributed by atoms with Gasteiger partial charge >= 0.3 is 0 Å². The van der Waals surface area contributed by atoms with Crippen molar-refractivity contribution in [2.45, 2.75) is 0 Å². The van der Waals surface area contributed by atoms with Crippen molar-refractivity contribution in [2.75, 3.05) is 13.7 Å². The van der Waals surface area contributed by atoms with Gasteiger partial charge in [0.15, 0.2) is 5.75 Å². The van der Waals surface area contributed by atoms with Crippen LogP contribution in [0.5, 0.6) is 5.75 Å². The van der Waals surface area contributed by atoms with Gasteiger partial charge in [-0.1, -0.05) is 17.7 Å². The molecule has 21 heavy (non-hydrogen) atoms. The van der Waals surface area contributed by atoms with Gasteiger partial charge in [-0.25, -0.2) is 0 Å². The van der Waals surface area contributed by atoms with Gasteiger partial charge in [0.1, 0.15) is 0 Å². The van der Waals surface area contributed by atoms with Crippen LogP contribution in [-0.2, 0) is 4.79 Å². The monoisotopic (exact) mass is 387 g/mol. The summed E-state index contributed by atoms with van der Waals surface area (Å²) in [5.74, 6) is 0.196. The second kappa shape index (κ2) is 6.68. The third-order valence-electron chi connectivity index (χ3n) is 2.71. The molecule has 0 unspecified atom stereocenters. The van der Waals surface area contributed by atoms with E-state index in [0.717, 1.165) is 16.7 Å². The fourth-order valence-corrected chi connectivity index (χ4v) is 3.70. The first kappa shape index (κ1) is 16.1. The van der Waals surface area contributed by atoms with Crippen LogP contribution in [0.3, 0.4) is 0 Å². The smallest absolute Gasteiger partial charge is 0.293 e. The Bertz CT molecular complexity index is 637. The number of thioether (sulfide) groups is 1. The predicted molar refractivity (Wildman–Crippen MR) is 88.6 cm³/mol. The molecule has 1 aliphatic rings. The minimum atomic E-state index is -0.326. The summed E-state index contributed by atoms with van der Waals surface area (Å²) in [5, 5.41) is 0.119. The molecule has 1 saturated heterocycles. The van der Waals surface area contributed by atoms with Gasteiger partial charge in [-0.05, 0) is 51.5 Å². The molecular formula is C14H11BrClNO3S. The molecule has 2 rings (SSSR count). The molecule has 4 nitrogen and oxygen atoms in total. The van der Waals surface area contributed by atoms with Gasteiger partial charge in [0, 0.05) is 6.54 Å². The van der Waals surface area contributed by atoms with E-state index in [0.29, 0.717) is 25.7 Å². The van der Waals surface area contributed by atoms with E-state index in [2.05, 4.69) is 22.5 Å². The van der Waals surface area contributed by atoms with Gasteiger partial charge in [0.05, 0.1) is 21.5 Å². The number of carbonyl (C=O) groups is 2. The van der Waals surface area contributed by atoms with Crippen molar-refractivity contribution >= 4 is 56.5 Å². The number of imide groups is 1. The van der Waals surface area contributed by atoms with E-state index in [-0.39, 0.29) is 17.7 Å². The molecule has 1 heterocycles. The number of nitrogens with zero attached hydrogens (tertiary/aromatic N) is 1. The maximum absolute atomic E-state index is 12.1. The summed E-state index contributed by atoms with van der Waals surface area (Å²) in [5.41, 5.74) is 0.705. The Morgan fingerprint density at radius 2 is 2.19 bits per heavy atom. The quantitative estimate of drug-likeness (QED) is 0.569. The molecule has 0 spiro atoms. The van der Waals surface area contributed by atoms with Crippen molar-refractivity contribution < 1.29 is 14.3 Å². The van der Waals surface area contributed by atoms with Crippen molar-refractivity contribution in [2.24, 2.45) is 0 Å². The summed E-state index contributed by atoms with van der Waals surface area (Å²) in [6.07, 6.45) is 3.14. The van der Waals surface area contributed by atoms with Gasteiger partial charge in [-0.3, -0.25) is 14.5 Å². The van der Waals surface area contributed by atoms with Crippen LogP contribution in [0, 0.1) is 0 Å². The zero-order valence-corrected chi connectivity index (χ0v) is 14.2. The lowest BCUT2D eigenvalue weighted by molar-refractivity contribution is -0.122. The Hall–Kier alpha value is -1.24. The summed E-state index contributed by atoms with van der Waals surface area (Å²) < 4.78 is 5.82. The summed E-state index contributed by atoms with van der Waals surface area (Å²) in [4.78, 5) is 25.3. The number of rotatable bonds is 4. The van der Waals surface area contributed by atoms with E-state index in [4.69, 9.17) is 16.3 Å². The molecule has 1 aromatic rings. The molecule has 0 N–H and O–H groups in total. The molecule has 2 amide bonds. The second-order valence-corrected chi connectivity index (χ2v) is 6.35. The van der Waals surface area contributed by atoms with Crippen molar-refractivity contribution in [1.82, 2.24) is 4.90 Å². The molecule has 0 saturated carbocycles. The summed E-state index contributed by atoms with van der Waals surface area (Å²) >= 11 is 10.3. The molecule has 0 atom stereocenters. The number of halogens is 2. The minimum Gasteiger partial charge on any atom is -0.494 e. The summed E-state index contributed by atoms with van der Waals surface area (Å²) in [6.45, 7) is 3.74. The first-order valence-corrected chi connectivity index (χ1v) is 7.86. The van der Waals surface area contributed by atoms with Crippen LogP contribution >= 0.6 is 39.3 Å². The zero-order valence-electron chi connectivity index (χ0n) is 11.1. The molecule has 7 heteroatoms. The van der Waals surface area contributed by atoms with Crippen LogP contribution < -0.4 is 4.74 Å². The average Bonchev–Trinajstić information content (AvgIpc) is 2.66. The van der Waals surface area contributed by atoms with Gasteiger partial charge in [0.25, 0.3) is 11.1 Å². The highest BCUT2D eigenvalue weighted by molar-refractivity contribution is 9.10. The number of hydrogen-bond acceptors (Lipinski definition) is 4. The number of benzene rings is 1. The van der Waals surface area contributed by atoms with Crippen molar-refractivity contribution in [3.05, 3.63) is 44.8 Å². The van der Waals surface area contributed by atoms with Gasteiger partial charge in [0.2, 0.25) is 0 Å². The zero-order chi connectivity index (χ0) is 15.6. The first-order valence-electron chi connectivity index (χ1n) is 5.87. The first-order chi connectivity index (χ1) is 9.97. The Kier molecular flexibility index (Phi) is 5.13. The Labute approximate surface area is 139 Å². The lowest BCUT2D eigenvalue weighted by Gasteiger charge is -2.08. The topological polar surface area (TPSA) is 46.6 Å². The maximum Gasteiger partial charge on any atom is 0.293 e. The van der Waals surface area contributed by atoms with Crippen molar-refractivity contribution in [3.63, 3.8) is 0 Å². The predicted octanol–water partition coefficient (Wildman–Crippen LogP) is 4.33. The van der Waals surface area contributed by atoms with Crippen LogP contribution in [0.4, 0.5) is 4.79 Å². The van der Waals surface area contributed by atoms with Crippen molar-refractivity contribution in [3.8, 4) is 5.75 Å². The van der Waals surface area contributed by atoms with Crippen LogP contribution in [-0.4, -0.2) is 29.7 Å². The Morgan fingerprint density at radius 3 is 2.76 bits per heavy atom. The van der Waals surface area contributed by atoms with Crippen molar-refractivity contribution in [1.29, 1.82) is 0 Å². The molecular weight excluding hydrogens is 378 g/mol. The Morgan fingerprint density at radius 1 is 1.48 bits per heavy atom. The standard InChI is InChI=1S/C14H11BrClNO3S/c1-3-4-17-13(18)11(21-14(17)19)7-8-5-9(15)12(20-2)10(16)6-8/h3,5-7H,1,4H2,2H3/b11-7-. The third kappa shape index (κ3) is 3.33. The van der Waals surface area contributed by atoms with Crippen LogP contribution in [0.15, 0.2) is 34.2 Å². The number of carbonyl (C=O) groups excluding carboxylic acids is 2. The molecule has 1 aliphatic heterocycles. The maximum atomic E-state index is 12.1. The van der Waals surface area contributed by atoms with Gasteiger partial charge in [-0.15, -0.1) is 6.58 Å². The SMILES string of the molecule is C=CCN1C(=O)S/C(=C\c2cc(Cl)c(OC)c(Br)c2)C1=O. The van der Waals surface area contributed by atoms with Gasteiger partial charge in [-0.2, -0.15) is 0 Å². The van der Waals surface area contributed by atoms with E-state index in [9.17, 15) is 9.59 Å². The molecule has 1 fully saturated rings. The number of methoxy groups -OCH3 is 1. The highest BCUT2D eigenvalue weighted by Crippen LogP contribution is 2.37. The molecule has 0 radical (unpaired) electrons. The van der Waals surface area contributed by atoms with E-state index in [1.165, 1.54) is 13.2 Å². The number of hydrogen-bond donors (Lipinski definition) is 0. The number of ether oxygens (including phenoxy) is 1. The molecule has 110 valence electrons. The van der Waals surface area contributed by atoms with Crippen LogP contribution in [0.2, 0.25) is 5.02 Å². The highest BCUT2D eigenvalue weighted by atomic mass is 79.9. The van der Waals surface area contributed by atoms with E-state index in [1.54, 1.807) is 18.2 Å². The van der Waals surface area contributed by atoms with E-state index in [1.807, 2.05) is 0 Å². The van der Waals surface area contributed by atoms with Crippen LogP contribution in [0.1, 0.15) is 5.56 Å². The molecule has 0 aliphatic carbocycles. The van der Waals surface area contributed by atoms with Gasteiger partial charge < -0.3 is 4.74 Å². The minimum absolute atomic E-state index is 0.203. The largest absolute Gasteiger partial charge is 0.494 e. The molecule has 1 aromatic carbocycles. The third-order valence-corrected chi connectivity index (χ3v) is 4.48.